The fraction of sp³-hybridized carbons (Fsp3) is 0. The zero-order chi connectivity index (χ0) is 9.97. The molecule has 16 heavy (non-hydrogen) atoms. The van der Waals surface area contributed by atoms with E-state index in [1.807, 2.05) is 0 Å². The highest BCUT2D eigenvalue weighted by Crippen LogP contribution is 2.06. The minimum absolute atomic E-state index is 0. The quantitative estimate of drug-likeness (QED) is 0.534. The summed E-state index contributed by atoms with van der Waals surface area (Å²) < 4.78 is 1.53. The summed E-state index contributed by atoms with van der Waals surface area (Å²) in [5.74, 6) is 6.23. The lowest BCUT2D eigenvalue weighted by Crippen LogP contribution is -2.10. The zero-order valence-corrected chi connectivity index (χ0v) is 9.70. The first-order chi connectivity index (χ1) is 6.79. The lowest BCUT2D eigenvalue weighted by Gasteiger charge is -2.00. The number of hydrogen-bond donors (Lipinski definition) is 3. The van der Waals surface area contributed by atoms with E-state index in [1.54, 1.807) is 18.3 Å². The molecule has 0 fully saturated rings. The fourth-order valence-corrected chi connectivity index (χ4v) is 0.986. The molecule has 0 aromatic carbocycles. The van der Waals surface area contributed by atoms with E-state index in [4.69, 9.17) is 11.6 Å². The molecule has 2 aromatic heterocycles. The molecule has 0 radical (unpaired) electrons. The van der Waals surface area contributed by atoms with E-state index < -0.39 is 0 Å². The normalized spacial score (nSPS) is 8.81. The molecular weight excluding hydrogens is 253 g/mol. The molecule has 0 saturated carbocycles. The number of hydrogen-bond acceptors (Lipinski definition) is 6. The number of nitrogens with one attached hydrogen (secondary N) is 1. The summed E-state index contributed by atoms with van der Waals surface area (Å²) in [6.45, 7) is 0. The van der Waals surface area contributed by atoms with Gasteiger partial charge in [0.1, 0.15) is 0 Å². The average Bonchev–Trinajstić information content (AvgIpc) is 2.65. The third kappa shape index (κ3) is 2.96. The number of nitrogens with two attached hydrogens (primary N) is 2. The van der Waals surface area contributed by atoms with Gasteiger partial charge in [0, 0.05) is 0 Å². The molecule has 88 valence electrons. The van der Waals surface area contributed by atoms with Crippen molar-refractivity contribution in [3.8, 4) is 5.82 Å². The standard InChI is InChI=1S/C7H9N7.2ClH/c8-5-3-10-14(4-5)7-2-1-6(11-9)12-13-7;;/h1-4H,8-9H2,(H,11,12);2*1H. The molecule has 0 aliphatic heterocycles. The molecule has 0 spiro atoms. The van der Waals surface area contributed by atoms with Crippen LogP contribution in [0.15, 0.2) is 24.5 Å². The summed E-state index contributed by atoms with van der Waals surface area (Å²) in [5.41, 5.74) is 8.47. The van der Waals surface area contributed by atoms with E-state index in [1.165, 1.54) is 10.9 Å². The van der Waals surface area contributed by atoms with Gasteiger partial charge in [0.05, 0.1) is 18.1 Å². The van der Waals surface area contributed by atoms with Crippen molar-refractivity contribution in [2.24, 2.45) is 5.84 Å². The molecule has 2 aromatic rings. The van der Waals surface area contributed by atoms with E-state index >= 15 is 0 Å². The largest absolute Gasteiger partial charge is 0.396 e. The van der Waals surface area contributed by atoms with Crippen molar-refractivity contribution in [3.05, 3.63) is 24.5 Å². The summed E-state index contributed by atoms with van der Waals surface area (Å²) in [5, 5.41) is 11.7. The van der Waals surface area contributed by atoms with Gasteiger partial charge in [-0.3, -0.25) is 0 Å². The SMILES string of the molecule is Cl.Cl.NNc1ccc(-n2cc(N)cn2)nn1. The monoisotopic (exact) mass is 263 g/mol. The number of aromatic nitrogens is 4. The van der Waals surface area contributed by atoms with Gasteiger partial charge in [-0.05, 0) is 12.1 Å². The number of anilines is 2. The first kappa shape index (κ1) is 14.4. The maximum absolute atomic E-state index is 5.51. The number of nitrogens with zero attached hydrogens (tertiary/aromatic N) is 4. The number of rotatable bonds is 2. The van der Waals surface area contributed by atoms with Crippen molar-refractivity contribution in [1.82, 2.24) is 20.0 Å². The van der Waals surface area contributed by atoms with Gasteiger partial charge in [0.15, 0.2) is 11.6 Å². The minimum Gasteiger partial charge on any atom is -0.396 e. The number of halogens is 2. The van der Waals surface area contributed by atoms with Crippen LogP contribution in [0.4, 0.5) is 11.5 Å². The van der Waals surface area contributed by atoms with Crippen molar-refractivity contribution in [3.63, 3.8) is 0 Å². The Kier molecular flexibility index (Phi) is 5.51. The zero-order valence-electron chi connectivity index (χ0n) is 8.07. The smallest absolute Gasteiger partial charge is 0.175 e. The van der Waals surface area contributed by atoms with Crippen molar-refractivity contribution in [1.29, 1.82) is 0 Å². The minimum atomic E-state index is 0. The van der Waals surface area contributed by atoms with Gasteiger partial charge < -0.3 is 11.2 Å². The Bertz CT molecular complexity index is 427. The van der Waals surface area contributed by atoms with Crippen LogP contribution in [0.1, 0.15) is 0 Å². The Balaban J connectivity index is 0.00000112. The molecule has 0 saturated heterocycles. The molecular formula is C7H11Cl2N7. The Morgan fingerprint density at radius 1 is 1.19 bits per heavy atom. The van der Waals surface area contributed by atoms with Crippen molar-refractivity contribution >= 4 is 36.3 Å². The lowest BCUT2D eigenvalue weighted by molar-refractivity contribution is 0.815. The van der Waals surface area contributed by atoms with E-state index in [-0.39, 0.29) is 24.8 Å². The summed E-state index contributed by atoms with van der Waals surface area (Å²) in [7, 11) is 0. The summed E-state index contributed by atoms with van der Waals surface area (Å²) >= 11 is 0. The van der Waals surface area contributed by atoms with Crippen LogP contribution in [0.5, 0.6) is 0 Å². The van der Waals surface area contributed by atoms with Crippen LogP contribution in [0.2, 0.25) is 0 Å². The van der Waals surface area contributed by atoms with Crippen LogP contribution in [-0.2, 0) is 0 Å². The number of hydrazine groups is 1. The van der Waals surface area contributed by atoms with E-state index in [0.29, 0.717) is 17.3 Å². The van der Waals surface area contributed by atoms with E-state index in [0.717, 1.165) is 0 Å². The van der Waals surface area contributed by atoms with Gasteiger partial charge in [-0.2, -0.15) is 5.10 Å². The molecule has 0 bridgehead atoms. The second-order valence-corrected chi connectivity index (χ2v) is 2.64. The summed E-state index contributed by atoms with van der Waals surface area (Å²) in [4.78, 5) is 0. The van der Waals surface area contributed by atoms with E-state index in [9.17, 15) is 0 Å². The average molecular weight is 264 g/mol. The summed E-state index contributed by atoms with van der Waals surface area (Å²) in [6, 6.07) is 3.43. The lowest BCUT2D eigenvalue weighted by atomic mass is 10.5. The van der Waals surface area contributed by atoms with Gasteiger partial charge >= 0.3 is 0 Å². The molecule has 0 aliphatic rings. The van der Waals surface area contributed by atoms with E-state index in [2.05, 4.69) is 20.7 Å². The van der Waals surface area contributed by atoms with Crippen molar-refractivity contribution in [2.75, 3.05) is 11.2 Å². The highest BCUT2D eigenvalue weighted by molar-refractivity contribution is 5.85. The molecule has 0 atom stereocenters. The fourth-order valence-electron chi connectivity index (χ4n) is 0.986. The first-order valence-corrected chi connectivity index (χ1v) is 3.90. The predicted molar refractivity (Wildman–Crippen MR) is 65.9 cm³/mol. The van der Waals surface area contributed by atoms with Gasteiger partial charge in [0.25, 0.3) is 0 Å². The Labute approximate surface area is 104 Å². The molecule has 0 aliphatic carbocycles. The molecule has 2 rings (SSSR count). The topological polar surface area (TPSA) is 108 Å². The highest BCUT2D eigenvalue weighted by atomic mass is 35.5. The van der Waals surface area contributed by atoms with Gasteiger partial charge in [-0.1, -0.05) is 0 Å². The van der Waals surface area contributed by atoms with Gasteiger partial charge in [0.2, 0.25) is 0 Å². The molecule has 0 unspecified atom stereocenters. The highest BCUT2D eigenvalue weighted by Gasteiger charge is 2.00. The maximum atomic E-state index is 5.51. The molecule has 2 heterocycles. The van der Waals surface area contributed by atoms with Crippen LogP contribution in [0, 0.1) is 0 Å². The maximum Gasteiger partial charge on any atom is 0.175 e. The van der Waals surface area contributed by atoms with Crippen LogP contribution in [0.25, 0.3) is 5.82 Å². The molecule has 9 heteroatoms. The Morgan fingerprint density at radius 2 is 1.94 bits per heavy atom. The molecule has 5 N–H and O–H groups in total. The van der Waals surface area contributed by atoms with Crippen LogP contribution in [-0.4, -0.2) is 20.0 Å². The number of nitrogen functional groups attached to an aromatic ring is 2. The molecule has 7 nitrogen and oxygen atoms in total. The third-order valence-electron chi connectivity index (χ3n) is 1.64. The van der Waals surface area contributed by atoms with Crippen LogP contribution < -0.4 is 17.0 Å². The van der Waals surface area contributed by atoms with Crippen LogP contribution >= 0.6 is 24.8 Å². The van der Waals surface area contributed by atoms with Crippen LogP contribution in [0.3, 0.4) is 0 Å². The van der Waals surface area contributed by atoms with Crippen molar-refractivity contribution in [2.45, 2.75) is 0 Å². The second kappa shape index (κ2) is 6.11. The van der Waals surface area contributed by atoms with Gasteiger partial charge in [-0.15, -0.1) is 35.0 Å². The summed E-state index contributed by atoms with van der Waals surface area (Å²) in [6.07, 6.45) is 3.19. The predicted octanol–water partition coefficient (Wildman–Crippen LogP) is 0.374. The third-order valence-corrected chi connectivity index (χ3v) is 1.64. The second-order valence-electron chi connectivity index (χ2n) is 2.64. The Morgan fingerprint density at radius 3 is 2.38 bits per heavy atom. The van der Waals surface area contributed by atoms with Gasteiger partial charge in [-0.25, -0.2) is 10.5 Å². The van der Waals surface area contributed by atoms with Crippen molar-refractivity contribution < 1.29 is 0 Å². The Hall–Kier alpha value is -1.57. The first-order valence-electron chi connectivity index (χ1n) is 3.90. The molecule has 0 amide bonds.